The van der Waals surface area contributed by atoms with E-state index in [1.54, 1.807) is 12.1 Å². The Morgan fingerprint density at radius 3 is 2.39 bits per heavy atom. The number of rotatable bonds is 3. The van der Waals surface area contributed by atoms with E-state index in [0.29, 0.717) is 5.69 Å². The van der Waals surface area contributed by atoms with Crippen LogP contribution in [0, 0.1) is 0 Å². The van der Waals surface area contributed by atoms with Gasteiger partial charge in [-0.2, -0.15) is 0 Å². The van der Waals surface area contributed by atoms with Crippen LogP contribution in [0.15, 0.2) is 42.6 Å². The van der Waals surface area contributed by atoms with Crippen LogP contribution in [-0.2, 0) is 0 Å². The topological polar surface area (TPSA) is 67.3 Å². The van der Waals surface area contributed by atoms with Gasteiger partial charge in [-0.05, 0) is 6.07 Å². The van der Waals surface area contributed by atoms with Gasteiger partial charge in [0.2, 0.25) is 5.12 Å². The second kappa shape index (κ2) is 5.01. The lowest BCUT2D eigenvalue weighted by Crippen LogP contribution is -2.03. The van der Waals surface area contributed by atoms with E-state index >= 15 is 0 Å². The summed E-state index contributed by atoms with van der Waals surface area (Å²) in [5, 5.41) is 8.37. The molecule has 90 valence electrons. The molecule has 0 radical (unpaired) electrons. The fourth-order valence-electron chi connectivity index (χ4n) is 1.57. The van der Waals surface area contributed by atoms with Crippen molar-refractivity contribution in [3.8, 4) is 11.3 Å². The summed E-state index contributed by atoms with van der Waals surface area (Å²) >= 11 is 3.75. The summed E-state index contributed by atoms with van der Waals surface area (Å²) in [4.78, 5) is 26.3. The number of benzene rings is 1. The Morgan fingerprint density at radius 2 is 1.83 bits per heavy atom. The number of carboxylic acids is 1. The van der Waals surface area contributed by atoms with Gasteiger partial charge in [-0.3, -0.25) is 9.78 Å². The summed E-state index contributed by atoms with van der Waals surface area (Å²) in [5.41, 5.74) is 1.32. The highest BCUT2D eigenvalue weighted by atomic mass is 32.1. The second-order valence-corrected chi connectivity index (χ2v) is 4.00. The Hall–Kier alpha value is -2.14. The van der Waals surface area contributed by atoms with Gasteiger partial charge >= 0.3 is 5.97 Å². The molecule has 0 saturated carbocycles. The Balaban J connectivity index is 2.61. The van der Waals surface area contributed by atoms with Gasteiger partial charge in [0.25, 0.3) is 0 Å². The van der Waals surface area contributed by atoms with E-state index in [9.17, 15) is 9.59 Å². The van der Waals surface area contributed by atoms with E-state index < -0.39 is 11.1 Å². The summed E-state index contributed by atoms with van der Waals surface area (Å²) in [7, 11) is 0. The monoisotopic (exact) mass is 259 g/mol. The van der Waals surface area contributed by atoms with Crippen molar-refractivity contribution in [1.82, 2.24) is 4.98 Å². The van der Waals surface area contributed by atoms with E-state index in [4.69, 9.17) is 5.11 Å². The first-order valence-electron chi connectivity index (χ1n) is 5.11. The number of carbonyl (C=O) groups excluding carboxylic acids is 1. The zero-order valence-electron chi connectivity index (χ0n) is 9.20. The minimum Gasteiger partial charge on any atom is -0.478 e. The average Bonchev–Trinajstić information content (AvgIpc) is 2.39. The van der Waals surface area contributed by atoms with Crippen LogP contribution in [0.1, 0.15) is 20.7 Å². The van der Waals surface area contributed by atoms with Crippen LogP contribution in [0.4, 0.5) is 0 Å². The number of carboxylic acid groups (broad SMARTS) is 1. The van der Waals surface area contributed by atoms with E-state index in [1.165, 1.54) is 12.3 Å². The molecule has 1 N–H and O–H groups in total. The summed E-state index contributed by atoms with van der Waals surface area (Å²) < 4.78 is 0. The zero-order chi connectivity index (χ0) is 13.1. The van der Waals surface area contributed by atoms with Crippen LogP contribution in [0.3, 0.4) is 0 Å². The van der Waals surface area contributed by atoms with Crippen LogP contribution in [-0.4, -0.2) is 21.2 Å². The highest BCUT2D eigenvalue weighted by Gasteiger charge is 2.14. The number of thiol groups is 1. The molecule has 1 heterocycles. The van der Waals surface area contributed by atoms with Gasteiger partial charge in [0.15, 0.2) is 0 Å². The van der Waals surface area contributed by atoms with Crippen LogP contribution < -0.4 is 0 Å². The van der Waals surface area contributed by atoms with Crippen molar-refractivity contribution in [2.45, 2.75) is 0 Å². The Labute approximate surface area is 109 Å². The van der Waals surface area contributed by atoms with E-state index in [2.05, 4.69) is 17.6 Å². The number of nitrogens with zero attached hydrogens (tertiary/aromatic N) is 1. The molecule has 4 nitrogen and oxygen atoms in total. The van der Waals surface area contributed by atoms with Crippen molar-refractivity contribution in [3.63, 3.8) is 0 Å². The van der Waals surface area contributed by atoms with Crippen molar-refractivity contribution in [2.75, 3.05) is 0 Å². The van der Waals surface area contributed by atoms with Crippen molar-refractivity contribution in [3.05, 3.63) is 53.7 Å². The molecular formula is C13H9NO3S. The fourth-order valence-corrected chi connectivity index (χ4v) is 1.74. The lowest BCUT2D eigenvalue weighted by molar-refractivity contribution is 0.0696. The van der Waals surface area contributed by atoms with E-state index in [-0.39, 0.29) is 11.1 Å². The largest absolute Gasteiger partial charge is 0.478 e. The summed E-state index contributed by atoms with van der Waals surface area (Å²) in [6.45, 7) is 0. The van der Waals surface area contributed by atoms with Gasteiger partial charge in [-0.25, -0.2) is 4.79 Å². The number of aromatic nitrogens is 1. The zero-order valence-corrected chi connectivity index (χ0v) is 10.1. The molecule has 2 aromatic rings. The maximum Gasteiger partial charge on any atom is 0.337 e. The maximum atomic E-state index is 11.4. The number of pyridine rings is 1. The third kappa shape index (κ3) is 2.41. The van der Waals surface area contributed by atoms with Gasteiger partial charge in [-0.1, -0.05) is 30.3 Å². The van der Waals surface area contributed by atoms with Gasteiger partial charge < -0.3 is 5.11 Å². The molecule has 5 heteroatoms. The minimum absolute atomic E-state index is 0.0351. The first-order chi connectivity index (χ1) is 8.59. The maximum absolute atomic E-state index is 11.4. The van der Waals surface area contributed by atoms with Gasteiger partial charge in [-0.15, -0.1) is 12.6 Å². The first kappa shape index (κ1) is 12.3. The quantitative estimate of drug-likeness (QED) is 0.831. The third-order valence-electron chi connectivity index (χ3n) is 2.41. The molecule has 0 fully saturated rings. The molecule has 0 bridgehead atoms. The first-order valence-corrected chi connectivity index (χ1v) is 5.56. The molecule has 0 aliphatic heterocycles. The normalized spacial score (nSPS) is 10.1. The number of carbonyl (C=O) groups is 2. The fraction of sp³-hybridized carbons (Fsp3) is 0. The van der Waals surface area contributed by atoms with Crippen molar-refractivity contribution >= 4 is 23.7 Å². The summed E-state index contributed by atoms with van der Waals surface area (Å²) in [6.07, 6.45) is 1.23. The molecule has 0 unspecified atom stereocenters. The molecule has 0 saturated heterocycles. The number of hydrogen-bond acceptors (Lipinski definition) is 3. The SMILES string of the molecule is O=C(O)c1cnc(-c2ccccc2)c(C(=O)S)c1. The van der Waals surface area contributed by atoms with Crippen molar-refractivity contribution in [1.29, 1.82) is 0 Å². The minimum atomic E-state index is -1.13. The van der Waals surface area contributed by atoms with Gasteiger partial charge in [0.1, 0.15) is 0 Å². The molecule has 0 aliphatic rings. The lowest BCUT2D eigenvalue weighted by Gasteiger charge is -2.06. The predicted octanol–water partition coefficient (Wildman–Crippen LogP) is 2.52. The van der Waals surface area contributed by atoms with Crippen LogP contribution in [0.25, 0.3) is 11.3 Å². The van der Waals surface area contributed by atoms with Crippen LogP contribution in [0.5, 0.6) is 0 Å². The molecule has 2 rings (SSSR count). The van der Waals surface area contributed by atoms with Gasteiger partial charge in [0, 0.05) is 11.8 Å². The molecule has 0 aliphatic carbocycles. The van der Waals surface area contributed by atoms with E-state index in [0.717, 1.165) is 5.56 Å². The Bertz CT molecular complexity index is 611. The molecule has 0 amide bonds. The number of aromatic carboxylic acids is 1. The summed E-state index contributed by atoms with van der Waals surface area (Å²) in [5.74, 6) is -1.13. The number of hydrogen-bond donors (Lipinski definition) is 2. The Kier molecular flexibility index (Phi) is 3.43. The molecular weight excluding hydrogens is 250 g/mol. The smallest absolute Gasteiger partial charge is 0.337 e. The van der Waals surface area contributed by atoms with Crippen LogP contribution in [0.2, 0.25) is 0 Å². The second-order valence-electron chi connectivity index (χ2n) is 3.60. The molecule has 1 aromatic carbocycles. The average molecular weight is 259 g/mol. The van der Waals surface area contributed by atoms with E-state index in [1.807, 2.05) is 18.2 Å². The highest BCUT2D eigenvalue weighted by molar-refractivity contribution is 7.97. The molecule has 0 spiro atoms. The molecule has 0 atom stereocenters. The Morgan fingerprint density at radius 1 is 1.17 bits per heavy atom. The third-order valence-corrected chi connectivity index (χ3v) is 2.65. The van der Waals surface area contributed by atoms with Crippen LogP contribution >= 0.6 is 12.6 Å². The van der Waals surface area contributed by atoms with Crippen molar-refractivity contribution in [2.24, 2.45) is 0 Å². The predicted molar refractivity (Wildman–Crippen MR) is 69.9 cm³/mol. The molecule has 1 aromatic heterocycles. The van der Waals surface area contributed by atoms with Gasteiger partial charge in [0.05, 0.1) is 16.8 Å². The lowest BCUT2D eigenvalue weighted by atomic mass is 10.0. The van der Waals surface area contributed by atoms with Crippen molar-refractivity contribution < 1.29 is 14.7 Å². The highest BCUT2D eigenvalue weighted by Crippen LogP contribution is 2.23. The molecule has 18 heavy (non-hydrogen) atoms. The standard InChI is InChI=1S/C13H9NO3S/c15-12(16)9-6-10(13(17)18)11(14-7-9)8-4-2-1-3-5-8/h1-7H,(H,15,16)(H,17,18). The summed E-state index contributed by atoms with van der Waals surface area (Å²) in [6, 6.07) is 10.3.